The molecule has 1 aliphatic rings. The summed E-state index contributed by atoms with van der Waals surface area (Å²) in [5.74, 6) is -1.76. The van der Waals surface area contributed by atoms with Crippen LogP contribution >= 0.6 is 0 Å². The number of hydrogen-bond donors (Lipinski definition) is 0. The first-order valence-electron chi connectivity index (χ1n) is 12.9. The van der Waals surface area contributed by atoms with E-state index in [2.05, 4.69) is 21.5 Å². The van der Waals surface area contributed by atoms with Crippen LogP contribution in [0.4, 0.5) is 14.6 Å². The molecule has 1 amide bonds. The molecule has 1 aromatic carbocycles. The van der Waals surface area contributed by atoms with Crippen LogP contribution in [0.15, 0.2) is 71.1 Å². The summed E-state index contributed by atoms with van der Waals surface area (Å²) in [6, 6.07) is 7.46. The molecule has 14 heteroatoms. The molecule has 0 bridgehead atoms. The highest BCUT2D eigenvalue weighted by Crippen LogP contribution is 2.33. The van der Waals surface area contributed by atoms with Crippen LogP contribution in [0.2, 0.25) is 0 Å². The van der Waals surface area contributed by atoms with Crippen molar-refractivity contribution in [3.05, 3.63) is 83.6 Å². The summed E-state index contributed by atoms with van der Waals surface area (Å²) in [4.78, 5) is 41.8. The van der Waals surface area contributed by atoms with E-state index in [0.717, 1.165) is 21.0 Å². The molecule has 1 fully saturated rings. The van der Waals surface area contributed by atoms with Gasteiger partial charge >= 0.3 is 5.69 Å². The second-order valence-electron chi connectivity index (χ2n) is 9.88. The Labute approximate surface area is 240 Å². The van der Waals surface area contributed by atoms with Gasteiger partial charge in [0, 0.05) is 51.5 Å². The first-order chi connectivity index (χ1) is 19.9. The van der Waals surface area contributed by atoms with Crippen LogP contribution in [0.3, 0.4) is 0 Å². The van der Waals surface area contributed by atoms with Gasteiger partial charge in [0.2, 0.25) is 15.9 Å². The number of halogens is 2. The summed E-state index contributed by atoms with van der Waals surface area (Å²) in [5.41, 5.74) is -1.73. The van der Waals surface area contributed by atoms with Crippen molar-refractivity contribution in [1.82, 2.24) is 28.7 Å². The number of benzene rings is 1. The molecule has 0 aliphatic carbocycles. The fourth-order valence-corrected chi connectivity index (χ4v) is 5.98. The smallest absolute Gasteiger partial charge is 0.350 e. The first-order valence-corrected chi connectivity index (χ1v) is 14.3. The van der Waals surface area contributed by atoms with Gasteiger partial charge in [0.1, 0.15) is 28.0 Å². The van der Waals surface area contributed by atoms with Crippen molar-refractivity contribution >= 4 is 32.8 Å². The lowest BCUT2D eigenvalue weighted by atomic mass is 10.1. The van der Waals surface area contributed by atoms with Gasteiger partial charge in [0.15, 0.2) is 5.65 Å². The van der Waals surface area contributed by atoms with Gasteiger partial charge in [-0.1, -0.05) is 18.7 Å². The van der Waals surface area contributed by atoms with E-state index in [1.165, 1.54) is 56.8 Å². The number of rotatable bonds is 6. The van der Waals surface area contributed by atoms with Crippen molar-refractivity contribution < 1.29 is 22.0 Å². The molecular formula is C28H27F2N7O4S. The van der Waals surface area contributed by atoms with E-state index < -0.39 is 27.3 Å². The predicted octanol–water partition coefficient (Wildman–Crippen LogP) is 2.59. The Hall–Kier alpha value is -4.56. The summed E-state index contributed by atoms with van der Waals surface area (Å²) in [6.45, 7) is 6.18. The molecule has 1 atom stereocenters. The molecule has 1 aliphatic heterocycles. The maximum atomic E-state index is 15.7. The number of amides is 1. The number of pyridine rings is 2. The van der Waals surface area contributed by atoms with Crippen LogP contribution < -0.4 is 10.6 Å². The monoisotopic (exact) mass is 595 g/mol. The van der Waals surface area contributed by atoms with Crippen molar-refractivity contribution in [1.29, 1.82) is 0 Å². The van der Waals surface area contributed by atoms with E-state index in [9.17, 15) is 22.4 Å². The van der Waals surface area contributed by atoms with Crippen LogP contribution in [0.5, 0.6) is 0 Å². The molecule has 218 valence electrons. The first kappa shape index (κ1) is 29.0. The molecule has 1 saturated heterocycles. The fourth-order valence-electron chi connectivity index (χ4n) is 4.94. The number of piperazine rings is 1. The average molecular weight is 596 g/mol. The zero-order chi connectivity index (χ0) is 30.3. The van der Waals surface area contributed by atoms with E-state index in [0.29, 0.717) is 6.54 Å². The largest absolute Gasteiger partial charge is 0.355 e. The molecule has 4 aromatic rings. The Morgan fingerprint density at radius 1 is 1.12 bits per heavy atom. The van der Waals surface area contributed by atoms with Gasteiger partial charge < -0.3 is 9.80 Å². The standard InChI is InChI=1S/C28H27F2N7O4S/c1-5-24(38)35-12-13-36(17(2)16-35)26-19-14-21(30)25(18-8-6-7-9-20(18)29)32-27(19)37(28(39)33-26)22-15-31-11-10-23(22)42(40,41)34(3)4/h5-11,14-15,17H,1,12-13,16H2,2-4H3/t17-/m0/s1. The summed E-state index contributed by atoms with van der Waals surface area (Å²) in [7, 11) is -1.41. The fraction of sp³-hybridized carbons (Fsp3) is 0.250. The van der Waals surface area contributed by atoms with Crippen LogP contribution in [-0.2, 0) is 14.8 Å². The minimum absolute atomic E-state index is 0.0830. The summed E-state index contributed by atoms with van der Waals surface area (Å²) in [5, 5.41) is 0.0830. The van der Waals surface area contributed by atoms with Gasteiger partial charge in [0.25, 0.3) is 0 Å². The number of hydrogen-bond acceptors (Lipinski definition) is 8. The van der Waals surface area contributed by atoms with Crippen molar-refractivity contribution in [2.45, 2.75) is 17.9 Å². The lowest BCUT2D eigenvalue weighted by molar-refractivity contribution is -0.126. The Balaban J connectivity index is 1.82. The third kappa shape index (κ3) is 4.92. The number of carbonyl (C=O) groups is 1. The number of aromatic nitrogens is 4. The number of carbonyl (C=O) groups excluding carboxylic acids is 1. The van der Waals surface area contributed by atoms with Gasteiger partial charge in [0.05, 0.1) is 17.3 Å². The van der Waals surface area contributed by atoms with Gasteiger partial charge in [-0.15, -0.1) is 0 Å². The van der Waals surface area contributed by atoms with Crippen LogP contribution in [0.25, 0.3) is 28.0 Å². The molecule has 0 spiro atoms. The van der Waals surface area contributed by atoms with Crippen molar-refractivity contribution in [2.24, 2.45) is 0 Å². The van der Waals surface area contributed by atoms with Gasteiger partial charge in [-0.25, -0.2) is 35.8 Å². The Bertz CT molecular complexity index is 1900. The molecule has 0 N–H and O–H groups in total. The quantitative estimate of drug-likeness (QED) is 0.312. The molecule has 0 radical (unpaired) electrons. The number of anilines is 1. The average Bonchev–Trinajstić information content (AvgIpc) is 2.96. The van der Waals surface area contributed by atoms with E-state index in [1.807, 2.05) is 6.92 Å². The molecule has 42 heavy (non-hydrogen) atoms. The van der Waals surface area contributed by atoms with Crippen molar-refractivity contribution in [3.8, 4) is 16.9 Å². The number of nitrogens with zero attached hydrogens (tertiary/aromatic N) is 7. The normalized spacial score (nSPS) is 15.8. The summed E-state index contributed by atoms with van der Waals surface area (Å²) < 4.78 is 58.8. The van der Waals surface area contributed by atoms with E-state index in [-0.39, 0.29) is 63.7 Å². The topological polar surface area (TPSA) is 122 Å². The van der Waals surface area contributed by atoms with Gasteiger partial charge in [-0.2, -0.15) is 4.98 Å². The lowest BCUT2D eigenvalue weighted by Gasteiger charge is -2.40. The van der Waals surface area contributed by atoms with E-state index in [1.54, 1.807) is 9.80 Å². The summed E-state index contributed by atoms with van der Waals surface area (Å²) in [6.07, 6.45) is 3.65. The van der Waals surface area contributed by atoms with E-state index >= 15 is 4.39 Å². The second-order valence-corrected chi connectivity index (χ2v) is 12.0. The molecule has 11 nitrogen and oxygen atoms in total. The van der Waals surface area contributed by atoms with Crippen LogP contribution in [0.1, 0.15) is 6.92 Å². The van der Waals surface area contributed by atoms with Gasteiger partial charge in [-0.05, 0) is 37.3 Å². The molecule has 3 aromatic heterocycles. The second kappa shape index (κ2) is 11.0. The maximum absolute atomic E-state index is 15.7. The molecule has 5 rings (SSSR count). The van der Waals surface area contributed by atoms with E-state index in [4.69, 9.17) is 0 Å². The Kier molecular flexibility index (Phi) is 7.60. The Morgan fingerprint density at radius 2 is 1.86 bits per heavy atom. The minimum atomic E-state index is -4.09. The zero-order valence-corrected chi connectivity index (χ0v) is 23.8. The van der Waals surface area contributed by atoms with Crippen LogP contribution in [0, 0.1) is 11.6 Å². The summed E-state index contributed by atoms with van der Waals surface area (Å²) >= 11 is 0. The highest BCUT2D eigenvalue weighted by Gasteiger charge is 2.31. The third-order valence-corrected chi connectivity index (χ3v) is 8.94. The zero-order valence-electron chi connectivity index (χ0n) is 23.0. The van der Waals surface area contributed by atoms with Crippen molar-refractivity contribution in [2.75, 3.05) is 38.6 Å². The molecule has 0 unspecified atom stereocenters. The maximum Gasteiger partial charge on any atom is 0.355 e. The Morgan fingerprint density at radius 3 is 2.52 bits per heavy atom. The van der Waals surface area contributed by atoms with Crippen molar-refractivity contribution in [3.63, 3.8) is 0 Å². The minimum Gasteiger partial charge on any atom is -0.350 e. The number of sulfonamides is 1. The van der Waals surface area contributed by atoms with Gasteiger partial charge in [-0.3, -0.25) is 9.78 Å². The molecular weight excluding hydrogens is 568 g/mol. The number of fused-ring (bicyclic) bond motifs is 1. The third-order valence-electron chi connectivity index (χ3n) is 7.08. The SMILES string of the molecule is C=CC(=O)N1CCN(c2nc(=O)n(-c3cnccc3S(=O)(=O)N(C)C)c3nc(-c4ccccc4F)c(F)cc23)[C@@H](C)C1. The highest BCUT2D eigenvalue weighted by atomic mass is 32.2. The molecule has 0 saturated carbocycles. The highest BCUT2D eigenvalue weighted by molar-refractivity contribution is 7.89. The lowest BCUT2D eigenvalue weighted by Crippen LogP contribution is -2.54. The predicted molar refractivity (Wildman–Crippen MR) is 153 cm³/mol. The molecule has 4 heterocycles. The van der Waals surface area contributed by atoms with Crippen LogP contribution in [-0.4, -0.2) is 82.8 Å².